The first-order valence-corrected chi connectivity index (χ1v) is 9.52. The van der Waals surface area contributed by atoms with Crippen molar-refractivity contribution in [2.45, 2.75) is 24.5 Å². The number of carbonyl (C=O) groups is 1. The van der Waals surface area contributed by atoms with Crippen molar-refractivity contribution in [1.82, 2.24) is 14.8 Å². The van der Waals surface area contributed by atoms with Crippen molar-refractivity contribution >= 4 is 16.8 Å². The van der Waals surface area contributed by atoms with Gasteiger partial charge in [0.05, 0.1) is 23.8 Å². The van der Waals surface area contributed by atoms with Gasteiger partial charge >= 0.3 is 0 Å². The third-order valence-electron chi connectivity index (χ3n) is 6.50. The van der Waals surface area contributed by atoms with Crippen molar-refractivity contribution in [2.75, 3.05) is 33.7 Å². The normalized spacial score (nSPS) is 32.6. The van der Waals surface area contributed by atoms with E-state index in [1.807, 2.05) is 35.2 Å². The lowest BCUT2D eigenvalue weighted by Crippen LogP contribution is -2.40. The van der Waals surface area contributed by atoms with Gasteiger partial charge in [-0.05, 0) is 51.2 Å². The van der Waals surface area contributed by atoms with Crippen LogP contribution in [0.2, 0.25) is 0 Å². The van der Waals surface area contributed by atoms with Crippen molar-refractivity contribution < 1.29 is 9.53 Å². The van der Waals surface area contributed by atoms with Crippen LogP contribution < -0.4 is 0 Å². The summed E-state index contributed by atoms with van der Waals surface area (Å²) in [6, 6.07) is 9.72. The van der Waals surface area contributed by atoms with Gasteiger partial charge in [0.1, 0.15) is 0 Å². The summed E-state index contributed by atoms with van der Waals surface area (Å²) in [4.78, 5) is 21.8. The number of fused-ring (bicyclic) bond motifs is 2. The first kappa shape index (κ1) is 16.2. The predicted octanol–water partition coefficient (Wildman–Crippen LogP) is 2.42. The Morgan fingerprint density at radius 1 is 1.38 bits per heavy atom. The fraction of sp³-hybridized carbons (Fsp3) is 0.524. The van der Waals surface area contributed by atoms with Crippen molar-refractivity contribution in [1.29, 1.82) is 0 Å². The van der Waals surface area contributed by atoms with E-state index in [-0.39, 0.29) is 11.5 Å². The molecule has 4 atom stereocenters. The van der Waals surface area contributed by atoms with Gasteiger partial charge in [0, 0.05) is 42.1 Å². The molecule has 0 N–H and O–H groups in total. The van der Waals surface area contributed by atoms with E-state index in [4.69, 9.17) is 4.74 Å². The van der Waals surface area contributed by atoms with Gasteiger partial charge in [-0.25, -0.2) is 0 Å². The quantitative estimate of drug-likeness (QED) is 0.852. The number of carbonyl (C=O) groups excluding carboxylic acids is 1. The van der Waals surface area contributed by atoms with Crippen LogP contribution >= 0.6 is 0 Å². The minimum absolute atomic E-state index is 0.0978. The maximum Gasteiger partial charge on any atom is 0.253 e. The van der Waals surface area contributed by atoms with Crippen molar-refractivity contribution in [3.8, 4) is 0 Å². The molecule has 1 amide bonds. The molecule has 1 spiro atoms. The van der Waals surface area contributed by atoms with Crippen LogP contribution in [-0.4, -0.2) is 66.1 Å². The molecule has 3 saturated heterocycles. The van der Waals surface area contributed by atoms with Crippen LogP contribution in [0.4, 0.5) is 0 Å². The molecule has 26 heavy (non-hydrogen) atoms. The van der Waals surface area contributed by atoms with Crippen LogP contribution in [0.3, 0.4) is 0 Å². The molecule has 3 fully saturated rings. The van der Waals surface area contributed by atoms with Gasteiger partial charge in [0.25, 0.3) is 5.91 Å². The standard InChI is InChI=1S/C21H25N3O2/c1-23(2)11-16-17-12-24(13-21(17)8-7-19(16)26-21)20(25)15-5-6-18-14(10-15)4-3-9-22-18/h3-6,9-10,16-17,19H,7-8,11-13H2,1-2H3/t16-,17+,19+,21+/m1/s1. The summed E-state index contributed by atoms with van der Waals surface area (Å²) in [5, 5.41) is 1.01. The summed E-state index contributed by atoms with van der Waals surface area (Å²) in [5.74, 6) is 1.13. The van der Waals surface area contributed by atoms with Crippen molar-refractivity contribution in [2.24, 2.45) is 11.8 Å². The molecule has 2 bridgehead atoms. The lowest BCUT2D eigenvalue weighted by atomic mass is 9.73. The number of likely N-dealkylation sites (tertiary alicyclic amines) is 1. The molecule has 3 aliphatic heterocycles. The van der Waals surface area contributed by atoms with E-state index >= 15 is 0 Å². The maximum atomic E-state index is 13.2. The fourth-order valence-corrected chi connectivity index (χ4v) is 5.40. The van der Waals surface area contributed by atoms with Gasteiger partial charge in [-0.3, -0.25) is 9.78 Å². The lowest BCUT2D eigenvalue weighted by molar-refractivity contribution is 0.00256. The Kier molecular flexibility index (Phi) is 3.59. The monoisotopic (exact) mass is 351 g/mol. The average Bonchev–Trinajstić information content (AvgIpc) is 3.30. The smallest absolute Gasteiger partial charge is 0.253 e. The third-order valence-corrected chi connectivity index (χ3v) is 6.50. The minimum atomic E-state index is -0.0978. The minimum Gasteiger partial charge on any atom is -0.369 e. The number of benzene rings is 1. The number of amides is 1. The molecular formula is C21H25N3O2. The number of hydrogen-bond acceptors (Lipinski definition) is 4. The van der Waals surface area contributed by atoms with Gasteiger partial charge in [-0.15, -0.1) is 0 Å². The molecule has 1 aromatic carbocycles. The largest absolute Gasteiger partial charge is 0.369 e. The summed E-state index contributed by atoms with van der Waals surface area (Å²) in [6.07, 6.45) is 4.39. The molecule has 0 unspecified atom stereocenters. The Morgan fingerprint density at radius 2 is 2.27 bits per heavy atom. The highest BCUT2D eigenvalue weighted by Crippen LogP contribution is 2.55. The molecule has 136 valence electrons. The second kappa shape index (κ2) is 5.76. The number of aromatic nitrogens is 1. The van der Waals surface area contributed by atoms with E-state index in [9.17, 15) is 4.79 Å². The highest BCUT2D eigenvalue weighted by atomic mass is 16.5. The molecule has 5 heteroatoms. The topological polar surface area (TPSA) is 45.7 Å². The molecule has 0 radical (unpaired) electrons. The predicted molar refractivity (Wildman–Crippen MR) is 100 cm³/mol. The highest BCUT2D eigenvalue weighted by Gasteiger charge is 2.63. The van der Waals surface area contributed by atoms with E-state index < -0.39 is 0 Å². The first-order chi connectivity index (χ1) is 12.6. The molecule has 1 aromatic heterocycles. The maximum absolute atomic E-state index is 13.2. The number of hydrogen-bond donors (Lipinski definition) is 0. The Labute approximate surface area is 153 Å². The number of nitrogens with zero attached hydrogens (tertiary/aromatic N) is 3. The number of ether oxygens (including phenoxy) is 1. The van der Waals surface area contributed by atoms with Crippen LogP contribution in [0, 0.1) is 11.8 Å². The molecule has 0 aliphatic carbocycles. The molecule has 0 saturated carbocycles. The summed E-state index contributed by atoms with van der Waals surface area (Å²) in [6.45, 7) is 2.60. The first-order valence-electron chi connectivity index (χ1n) is 9.52. The highest BCUT2D eigenvalue weighted by molar-refractivity contribution is 5.98. The van der Waals surface area contributed by atoms with Gasteiger partial charge in [-0.1, -0.05) is 6.07 Å². The Hall–Kier alpha value is -1.98. The van der Waals surface area contributed by atoms with Crippen molar-refractivity contribution in [3.05, 3.63) is 42.1 Å². The average molecular weight is 351 g/mol. The zero-order chi connectivity index (χ0) is 17.9. The summed E-state index contributed by atoms with van der Waals surface area (Å²) in [5.41, 5.74) is 1.58. The Balaban J connectivity index is 1.40. The molecule has 4 heterocycles. The summed E-state index contributed by atoms with van der Waals surface area (Å²) < 4.78 is 6.45. The van der Waals surface area contributed by atoms with Gasteiger partial charge in [0.15, 0.2) is 0 Å². The van der Waals surface area contributed by atoms with Gasteiger partial charge in [0.2, 0.25) is 0 Å². The van der Waals surface area contributed by atoms with E-state index in [1.54, 1.807) is 6.20 Å². The second-order valence-corrected chi connectivity index (χ2v) is 8.39. The van der Waals surface area contributed by atoms with E-state index in [0.717, 1.165) is 48.9 Å². The van der Waals surface area contributed by atoms with Crippen LogP contribution in [-0.2, 0) is 4.74 Å². The molecule has 2 aromatic rings. The van der Waals surface area contributed by atoms with Crippen LogP contribution in [0.5, 0.6) is 0 Å². The molecule has 3 aliphatic rings. The van der Waals surface area contributed by atoms with E-state index in [1.165, 1.54) is 0 Å². The van der Waals surface area contributed by atoms with Gasteiger partial charge in [-0.2, -0.15) is 0 Å². The lowest BCUT2D eigenvalue weighted by Gasteiger charge is -2.30. The van der Waals surface area contributed by atoms with Crippen molar-refractivity contribution in [3.63, 3.8) is 0 Å². The SMILES string of the molecule is CN(C)C[C@H]1[C@@H]2CC[C@@]3(CN(C(=O)c4ccc5ncccc5c4)C[C@@H]13)O2. The summed E-state index contributed by atoms with van der Waals surface area (Å²) >= 11 is 0. The number of rotatable bonds is 3. The fourth-order valence-electron chi connectivity index (χ4n) is 5.40. The Bertz CT molecular complexity index is 867. The third kappa shape index (κ3) is 2.37. The second-order valence-electron chi connectivity index (χ2n) is 8.39. The zero-order valence-corrected chi connectivity index (χ0v) is 15.4. The zero-order valence-electron chi connectivity index (χ0n) is 15.4. The van der Waals surface area contributed by atoms with Gasteiger partial charge < -0.3 is 14.5 Å². The van der Waals surface area contributed by atoms with Crippen LogP contribution in [0.25, 0.3) is 10.9 Å². The molecular weight excluding hydrogens is 326 g/mol. The summed E-state index contributed by atoms with van der Waals surface area (Å²) in [7, 11) is 4.25. The van der Waals surface area contributed by atoms with E-state index in [2.05, 4.69) is 24.0 Å². The van der Waals surface area contributed by atoms with E-state index in [0.29, 0.717) is 17.9 Å². The molecule has 5 rings (SSSR count). The van der Waals surface area contributed by atoms with Crippen LogP contribution in [0.15, 0.2) is 36.5 Å². The number of pyridine rings is 1. The molecule has 5 nitrogen and oxygen atoms in total. The Morgan fingerprint density at radius 3 is 3.12 bits per heavy atom. The van der Waals surface area contributed by atoms with Crippen LogP contribution in [0.1, 0.15) is 23.2 Å².